The van der Waals surface area contributed by atoms with Gasteiger partial charge in [0.2, 0.25) is 10.0 Å². The first-order valence-corrected chi connectivity index (χ1v) is 9.03. The quantitative estimate of drug-likeness (QED) is 0.365. The number of anilines is 1. The van der Waals surface area contributed by atoms with Crippen LogP contribution in [0.2, 0.25) is 0 Å². The number of carbonyl (C=O) groups is 1. The van der Waals surface area contributed by atoms with Crippen molar-refractivity contribution < 1.29 is 17.9 Å². The molecule has 0 aliphatic heterocycles. The number of hydrogen-bond donors (Lipinski definition) is 3. The zero-order chi connectivity index (χ0) is 17.3. The molecule has 7 nitrogen and oxygen atoms in total. The van der Waals surface area contributed by atoms with E-state index in [2.05, 4.69) is 15.4 Å². The fraction of sp³-hybridized carbons (Fsp3) is 0.429. The van der Waals surface area contributed by atoms with E-state index in [1.54, 1.807) is 12.1 Å². The highest BCUT2D eigenvalue weighted by atomic mass is 32.2. The smallest absolute Gasteiger partial charge is 0.305 e. The molecule has 0 aromatic heterocycles. The molecule has 0 atom stereocenters. The lowest BCUT2D eigenvalue weighted by atomic mass is 10.2. The molecule has 0 aliphatic rings. The Morgan fingerprint density at radius 3 is 2.70 bits per heavy atom. The van der Waals surface area contributed by atoms with Crippen LogP contribution >= 0.6 is 12.2 Å². The molecule has 0 saturated carbocycles. The van der Waals surface area contributed by atoms with Crippen molar-refractivity contribution in [3.63, 3.8) is 0 Å². The van der Waals surface area contributed by atoms with Crippen LogP contribution in [0, 0.1) is 0 Å². The van der Waals surface area contributed by atoms with Gasteiger partial charge in [0.1, 0.15) is 0 Å². The number of thiocarbonyl (C=S) groups is 1. The van der Waals surface area contributed by atoms with Gasteiger partial charge in [-0.3, -0.25) is 4.79 Å². The summed E-state index contributed by atoms with van der Waals surface area (Å²) in [6.45, 7) is 0.655. The molecule has 0 saturated heterocycles. The molecule has 128 valence electrons. The van der Waals surface area contributed by atoms with E-state index in [1.807, 2.05) is 0 Å². The summed E-state index contributed by atoms with van der Waals surface area (Å²) in [5.41, 5.74) is 0.541. The van der Waals surface area contributed by atoms with Crippen LogP contribution in [0.3, 0.4) is 0 Å². The van der Waals surface area contributed by atoms with E-state index in [-0.39, 0.29) is 10.9 Å². The molecule has 1 aromatic rings. The van der Waals surface area contributed by atoms with Crippen molar-refractivity contribution in [2.75, 3.05) is 19.0 Å². The van der Waals surface area contributed by atoms with Gasteiger partial charge in [-0.1, -0.05) is 12.5 Å². The Balaban J connectivity index is 2.31. The fourth-order valence-electron chi connectivity index (χ4n) is 1.80. The Morgan fingerprint density at radius 2 is 2.04 bits per heavy atom. The maximum Gasteiger partial charge on any atom is 0.305 e. The van der Waals surface area contributed by atoms with Crippen molar-refractivity contribution >= 4 is 39.0 Å². The average Bonchev–Trinajstić information content (AvgIpc) is 2.49. The third kappa shape index (κ3) is 7.91. The predicted octanol–water partition coefficient (Wildman–Crippen LogP) is 1.35. The molecule has 0 aliphatic carbocycles. The maximum atomic E-state index is 11.3. The molecule has 1 rings (SSSR count). The SMILES string of the molecule is COC(=O)CCCCCNC(=S)Nc1cccc(S(N)(=O)=O)c1. The number of benzene rings is 1. The van der Waals surface area contributed by atoms with Gasteiger partial charge in [0.05, 0.1) is 12.0 Å². The van der Waals surface area contributed by atoms with Gasteiger partial charge in [-0.2, -0.15) is 0 Å². The molecule has 9 heteroatoms. The highest BCUT2D eigenvalue weighted by Gasteiger charge is 2.08. The summed E-state index contributed by atoms with van der Waals surface area (Å²) < 4.78 is 27.1. The molecule has 1 aromatic carbocycles. The first kappa shape index (κ1) is 19.3. The van der Waals surface area contributed by atoms with E-state index in [1.165, 1.54) is 19.2 Å². The number of ether oxygens (including phenoxy) is 1. The van der Waals surface area contributed by atoms with Gasteiger partial charge in [0.25, 0.3) is 0 Å². The largest absolute Gasteiger partial charge is 0.469 e. The first-order chi connectivity index (χ1) is 10.8. The van der Waals surface area contributed by atoms with Crippen LogP contribution in [0.5, 0.6) is 0 Å². The van der Waals surface area contributed by atoms with Crippen LogP contribution in [0.4, 0.5) is 5.69 Å². The molecule has 0 radical (unpaired) electrons. The lowest BCUT2D eigenvalue weighted by molar-refractivity contribution is -0.140. The molecule has 0 fully saturated rings. The van der Waals surface area contributed by atoms with Crippen LogP contribution in [0.1, 0.15) is 25.7 Å². The molecule has 0 unspecified atom stereocenters. The zero-order valence-corrected chi connectivity index (χ0v) is 14.5. The summed E-state index contributed by atoms with van der Waals surface area (Å²) in [5, 5.41) is 11.4. The van der Waals surface area contributed by atoms with Crippen molar-refractivity contribution in [2.45, 2.75) is 30.6 Å². The highest BCUT2D eigenvalue weighted by Crippen LogP contribution is 2.13. The number of nitrogens with two attached hydrogens (primary N) is 1. The van der Waals surface area contributed by atoms with Gasteiger partial charge in [0.15, 0.2) is 5.11 Å². The molecule has 4 N–H and O–H groups in total. The number of methoxy groups -OCH3 is 1. The van der Waals surface area contributed by atoms with E-state index < -0.39 is 10.0 Å². The Morgan fingerprint density at radius 1 is 1.30 bits per heavy atom. The van der Waals surface area contributed by atoms with E-state index in [0.717, 1.165) is 19.3 Å². The predicted molar refractivity (Wildman–Crippen MR) is 92.5 cm³/mol. The Bertz CT molecular complexity index is 647. The molecule has 0 heterocycles. The number of nitrogens with one attached hydrogen (secondary N) is 2. The summed E-state index contributed by atoms with van der Waals surface area (Å²) in [7, 11) is -2.37. The minimum atomic E-state index is -3.74. The third-order valence-electron chi connectivity index (χ3n) is 2.99. The normalized spacial score (nSPS) is 10.9. The van der Waals surface area contributed by atoms with Gasteiger partial charge in [-0.25, -0.2) is 13.6 Å². The van der Waals surface area contributed by atoms with Crippen molar-refractivity contribution in [3.05, 3.63) is 24.3 Å². The van der Waals surface area contributed by atoms with Crippen LogP contribution < -0.4 is 15.8 Å². The fourth-order valence-corrected chi connectivity index (χ4v) is 2.58. The van der Waals surface area contributed by atoms with Crippen LogP contribution in [-0.4, -0.2) is 33.2 Å². The number of carbonyl (C=O) groups excluding carboxylic acids is 1. The van der Waals surface area contributed by atoms with E-state index in [0.29, 0.717) is 23.8 Å². The lowest BCUT2D eigenvalue weighted by Gasteiger charge is -2.11. The standard InChI is InChI=1S/C14H21N3O4S2/c1-21-13(18)8-3-2-4-9-16-14(22)17-11-6-5-7-12(10-11)23(15,19)20/h5-7,10H,2-4,8-9H2,1H3,(H2,15,19,20)(H2,16,17,22). The molecule has 0 spiro atoms. The molecule has 0 bridgehead atoms. The minimum Gasteiger partial charge on any atom is -0.469 e. The van der Waals surface area contributed by atoms with Crippen LogP contribution in [0.15, 0.2) is 29.2 Å². The van der Waals surface area contributed by atoms with Gasteiger partial charge >= 0.3 is 5.97 Å². The van der Waals surface area contributed by atoms with Crippen molar-refractivity contribution in [1.29, 1.82) is 0 Å². The van der Waals surface area contributed by atoms with Crippen molar-refractivity contribution in [1.82, 2.24) is 5.32 Å². The topological polar surface area (TPSA) is 111 Å². The number of unbranched alkanes of at least 4 members (excludes halogenated alkanes) is 2. The lowest BCUT2D eigenvalue weighted by Crippen LogP contribution is -2.29. The second kappa shape index (κ2) is 9.43. The second-order valence-electron chi connectivity index (χ2n) is 4.84. The minimum absolute atomic E-state index is 0.0214. The van der Waals surface area contributed by atoms with E-state index in [4.69, 9.17) is 17.4 Å². The monoisotopic (exact) mass is 359 g/mol. The highest BCUT2D eigenvalue weighted by molar-refractivity contribution is 7.89. The number of hydrogen-bond acceptors (Lipinski definition) is 5. The number of esters is 1. The van der Waals surface area contributed by atoms with Gasteiger partial charge in [-0.05, 0) is 43.3 Å². The van der Waals surface area contributed by atoms with Gasteiger partial charge in [-0.15, -0.1) is 0 Å². The molecular formula is C14H21N3O4S2. The molecular weight excluding hydrogens is 338 g/mol. The van der Waals surface area contributed by atoms with Gasteiger partial charge in [0, 0.05) is 18.7 Å². The summed E-state index contributed by atoms with van der Waals surface area (Å²) in [5.74, 6) is -0.204. The Hall–Kier alpha value is -1.71. The zero-order valence-electron chi connectivity index (χ0n) is 12.9. The first-order valence-electron chi connectivity index (χ1n) is 7.07. The second-order valence-corrected chi connectivity index (χ2v) is 6.81. The summed E-state index contributed by atoms with van der Waals surface area (Å²) in [6, 6.07) is 6.11. The number of rotatable bonds is 8. The molecule has 0 amide bonds. The van der Waals surface area contributed by atoms with E-state index in [9.17, 15) is 13.2 Å². The molecule has 23 heavy (non-hydrogen) atoms. The third-order valence-corrected chi connectivity index (χ3v) is 4.15. The summed E-state index contributed by atoms with van der Waals surface area (Å²) >= 11 is 5.13. The summed E-state index contributed by atoms with van der Waals surface area (Å²) in [4.78, 5) is 11.0. The van der Waals surface area contributed by atoms with Crippen molar-refractivity contribution in [3.8, 4) is 0 Å². The van der Waals surface area contributed by atoms with Gasteiger partial charge < -0.3 is 15.4 Å². The number of sulfonamides is 1. The van der Waals surface area contributed by atoms with E-state index >= 15 is 0 Å². The average molecular weight is 359 g/mol. The Kier molecular flexibility index (Phi) is 7.93. The Labute approximate surface area is 141 Å². The van der Waals surface area contributed by atoms with Crippen LogP contribution in [0.25, 0.3) is 0 Å². The maximum absolute atomic E-state index is 11.3. The number of primary sulfonamides is 1. The van der Waals surface area contributed by atoms with Crippen molar-refractivity contribution in [2.24, 2.45) is 5.14 Å². The van der Waals surface area contributed by atoms with Crippen LogP contribution in [-0.2, 0) is 19.6 Å². The summed E-state index contributed by atoms with van der Waals surface area (Å²) in [6.07, 6.45) is 2.92.